The Labute approximate surface area is 372 Å². The number of amides is 6. The summed E-state index contributed by atoms with van der Waals surface area (Å²) >= 11 is 0. The highest BCUT2D eigenvalue weighted by Gasteiger charge is 2.43. The summed E-state index contributed by atoms with van der Waals surface area (Å²) in [4.78, 5) is 85.9. The first-order valence-electron chi connectivity index (χ1n) is 25.2. The number of hydrogen-bond acceptors (Lipinski definition) is 8. The highest BCUT2D eigenvalue weighted by Crippen LogP contribution is 2.42. The van der Waals surface area contributed by atoms with Crippen molar-refractivity contribution in [2.24, 2.45) is 23.7 Å². The fourth-order valence-corrected chi connectivity index (χ4v) is 12.2. The Hall–Kier alpha value is -3.26. The largest absolute Gasteiger partial charge is 0.351 e. The molecule has 14 heteroatoms. The third kappa shape index (κ3) is 12.3. The van der Waals surface area contributed by atoms with E-state index in [1.165, 1.54) is 64.2 Å². The van der Waals surface area contributed by atoms with Crippen molar-refractivity contribution >= 4 is 35.4 Å². The number of nitrogens with one attached hydrogen (secondary N) is 6. The molecule has 12 unspecified atom stereocenters. The van der Waals surface area contributed by atoms with Crippen LogP contribution in [0.4, 0.5) is 0 Å². The van der Waals surface area contributed by atoms with Crippen LogP contribution >= 0.6 is 0 Å². The molecule has 6 amide bonds. The van der Waals surface area contributed by atoms with E-state index in [9.17, 15) is 28.8 Å². The lowest BCUT2D eigenvalue weighted by Gasteiger charge is -2.42. The lowest BCUT2D eigenvalue weighted by Crippen LogP contribution is -2.57. The van der Waals surface area contributed by atoms with E-state index < -0.39 is 36.3 Å². The van der Waals surface area contributed by atoms with Gasteiger partial charge in [0.15, 0.2) is 0 Å². The van der Waals surface area contributed by atoms with Crippen LogP contribution in [0.5, 0.6) is 0 Å². The summed E-state index contributed by atoms with van der Waals surface area (Å²) in [5, 5.41) is 18.8. The summed E-state index contributed by atoms with van der Waals surface area (Å²) in [7, 11) is 3.43. The molecule has 350 valence electrons. The van der Waals surface area contributed by atoms with Crippen molar-refractivity contribution in [3.8, 4) is 0 Å². The first-order valence-corrected chi connectivity index (χ1v) is 25.2. The number of carbonyl (C=O) groups is 6. The second-order valence-electron chi connectivity index (χ2n) is 20.0. The third-order valence-corrected chi connectivity index (χ3v) is 16.1. The molecule has 0 aromatic carbocycles. The Morgan fingerprint density at radius 3 is 1.27 bits per heavy atom. The lowest BCUT2D eigenvalue weighted by molar-refractivity contribution is -0.142. The number of hydrogen-bond donors (Lipinski definition) is 6. The first-order chi connectivity index (χ1) is 30.0. The molecular weight excluding hydrogens is 785 g/mol. The third-order valence-electron chi connectivity index (χ3n) is 16.1. The minimum absolute atomic E-state index is 0.0521. The van der Waals surface area contributed by atoms with Crippen molar-refractivity contribution in [2.45, 2.75) is 216 Å². The van der Waals surface area contributed by atoms with E-state index in [0.717, 1.165) is 51.4 Å². The van der Waals surface area contributed by atoms with Gasteiger partial charge in [0, 0.05) is 25.2 Å². The van der Waals surface area contributed by atoms with Gasteiger partial charge in [0.05, 0.1) is 12.1 Å². The Morgan fingerprint density at radius 2 is 0.871 bits per heavy atom. The number of likely N-dealkylation sites (N-methyl/N-ethyl adjacent to an activating group) is 2. The molecule has 0 radical (unpaired) electrons. The maximum Gasteiger partial charge on any atom is 0.245 e. The number of carbonyl (C=O) groups excluding carboxylic acids is 6. The van der Waals surface area contributed by atoms with Gasteiger partial charge in [-0.1, -0.05) is 89.9 Å². The van der Waals surface area contributed by atoms with Crippen molar-refractivity contribution in [1.82, 2.24) is 41.7 Å². The van der Waals surface area contributed by atoms with Gasteiger partial charge >= 0.3 is 0 Å². The van der Waals surface area contributed by atoms with Crippen LogP contribution in [0.3, 0.4) is 0 Å². The van der Waals surface area contributed by atoms with Gasteiger partial charge in [0.2, 0.25) is 35.4 Å². The van der Waals surface area contributed by atoms with Gasteiger partial charge in [-0.05, 0) is 116 Å². The predicted molar refractivity (Wildman–Crippen MR) is 241 cm³/mol. The van der Waals surface area contributed by atoms with Crippen LogP contribution in [0.2, 0.25) is 0 Å². The van der Waals surface area contributed by atoms with E-state index in [4.69, 9.17) is 0 Å². The predicted octanol–water partition coefficient (Wildman–Crippen LogP) is 4.44. The Kier molecular flexibility index (Phi) is 18.4. The van der Waals surface area contributed by atoms with E-state index in [2.05, 4.69) is 31.9 Å². The van der Waals surface area contributed by atoms with Crippen LogP contribution in [0.15, 0.2) is 0 Å². The zero-order valence-corrected chi connectivity index (χ0v) is 38.7. The van der Waals surface area contributed by atoms with E-state index in [0.29, 0.717) is 75.3 Å². The van der Waals surface area contributed by atoms with Gasteiger partial charge in [-0.2, -0.15) is 0 Å². The maximum absolute atomic E-state index is 14.3. The molecule has 0 aromatic heterocycles. The molecule has 62 heavy (non-hydrogen) atoms. The van der Waals surface area contributed by atoms with Gasteiger partial charge in [0.25, 0.3) is 0 Å². The molecule has 6 fully saturated rings. The number of unbranched alkanes of at least 4 members (excludes halogenated alkanes) is 3. The molecule has 2 aliphatic heterocycles. The lowest BCUT2D eigenvalue weighted by atomic mass is 9.68. The van der Waals surface area contributed by atoms with E-state index in [-0.39, 0.29) is 47.5 Å². The molecule has 12 atom stereocenters. The van der Waals surface area contributed by atoms with Gasteiger partial charge < -0.3 is 41.7 Å². The van der Waals surface area contributed by atoms with E-state index in [1.54, 1.807) is 37.7 Å². The molecule has 0 aromatic rings. The second kappa shape index (κ2) is 23.6. The Bertz CT molecular complexity index is 1420. The standard InChI is InChI=1S/C48H82N8O6/c1-31(49-3)43(57)53-39(47(61)55-29-15-27-41(55)45(59)51-37-25-13-19-33-17-9-11-21-35(33)37)23-7-5-6-8-24-40(54-44(58)32(2)50-4)48(62)56-30-16-28-42(56)46(60)52-38-26-14-20-34-18-10-12-22-36(34)38/h31-42,49-50H,5-30H2,1-4H3,(H,51,59)(H,52,60)(H,53,57)(H,54,58). The fourth-order valence-electron chi connectivity index (χ4n) is 12.2. The minimum Gasteiger partial charge on any atom is -0.351 e. The van der Waals surface area contributed by atoms with Gasteiger partial charge in [-0.25, -0.2) is 0 Å². The number of nitrogens with zero attached hydrogens (tertiary/aromatic N) is 2. The number of fused-ring (bicyclic) bond motifs is 2. The summed E-state index contributed by atoms with van der Waals surface area (Å²) in [6.07, 6.45) is 23.1. The zero-order chi connectivity index (χ0) is 44.2. The average Bonchev–Trinajstić information content (AvgIpc) is 4.00. The summed E-state index contributed by atoms with van der Waals surface area (Å²) in [6.45, 7) is 4.52. The fraction of sp³-hybridized carbons (Fsp3) is 0.875. The normalized spacial score (nSPS) is 30.5. The summed E-state index contributed by atoms with van der Waals surface area (Å²) in [6, 6.07) is -3.17. The Balaban J connectivity index is 1.03. The first kappa shape index (κ1) is 48.2. The smallest absolute Gasteiger partial charge is 0.245 e. The molecule has 14 nitrogen and oxygen atoms in total. The van der Waals surface area contributed by atoms with Crippen molar-refractivity contribution < 1.29 is 28.8 Å². The molecule has 6 N–H and O–H groups in total. The monoisotopic (exact) mass is 867 g/mol. The summed E-state index contributed by atoms with van der Waals surface area (Å²) in [5.41, 5.74) is 0. The quantitative estimate of drug-likeness (QED) is 0.103. The van der Waals surface area contributed by atoms with Crippen LogP contribution in [0, 0.1) is 23.7 Å². The molecule has 6 rings (SSSR count). The second-order valence-corrected chi connectivity index (χ2v) is 20.0. The van der Waals surface area contributed by atoms with Crippen LogP contribution in [-0.4, -0.2) is 121 Å². The minimum atomic E-state index is -0.753. The molecule has 0 bridgehead atoms. The van der Waals surface area contributed by atoms with Crippen molar-refractivity contribution in [3.05, 3.63) is 0 Å². The highest BCUT2D eigenvalue weighted by atomic mass is 16.2. The van der Waals surface area contributed by atoms with Crippen LogP contribution < -0.4 is 31.9 Å². The molecule has 4 saturated carbocycles. The van der Waals surface area contributed by atoms with E-state index >= 15 is 0 Å². The van der Waals surface area contributed by atoms with Gasteiger partial charge in [0.1, 0.15) is 24.2 Å². The molecule has 2 heterocycles. The highest BCUT2D eigenvalue weighted by molar-refractivity contribution is 5.94. The number of likely N-dealkylation sites (tertiary alicyclic amines) is 2. The van der Waals surface area contributed by atoms with E-state index in [1.807, 2.05) is 0 Å². The molecular formula is C48H82N8O6. The maximum atomic E-state index is 14.3. The van der Waals surface area contributed by atoms with Crippen LogP contribution in [0.25, 0.3) is 0 Å². The van der Waals surface area contributed by atoms with Crippen molar-refractivity contribution in [2.75, 3.05) is 27.2 Å². The van der Waals surface area contributed by atoms with Crippen molar-refractivity contribution in [1.29, 1.82) is 0 Å². The molecule has 6 aliphatic rings. The molecule has 4 aliphatic carbocycles. The molecule has 2 saturated heterocycles. The SMILES string of the molecule is CNC(C)C(=O)NC(CCCCCCC(NC(=O)C(C)NC)C(=O)N1CCCC1C(=O)NC1CCCC2CCCCC21)C(=O)N1CCCC1C(=O)NC1CCCC2CCCCC21. The number of rotatable bonds is 19. The summed E-state index contributed by atoms with van der Waals surface area (Å²) in [5.74, 6) is 1.43. The van der Waals surface area contributed by atoms with Gasteiger partial charge in [-0.3, -0.25) is 28.8 Å². The average molecular weight is 867 g/mol. The topological polar surface area (TPSA) is 181 Å². The van der Waals surface area contributed by atoms with Gasteiger partial charge in [-0.15, -0.1) is 0 Å². The zero-order valence-electron chi connectivity index (χ0n) is 38.7. The van der Waals surface area contributed by atoms with Crippen molar-refractivity contribution in [3.63, 3.8) is 0 Å². The Morgan fingerprint density at radius 1 is 0.484 bits per heavy atom. The van der Waals surface area contributed by atoms with Crippen LogP contribution in [-0.2, 0) is 28.8 Å². The van der Waals surface area contributed by atoms with Crippen LogP contribution in [0.1, 0.15) is 168 Å². The molecule has 0 spiro atoms. The summed E-state index contributed by atoms with van der Waals surface area (Å²) < 4.78 is 0.